The summed E-state index contributed by atoms with van der Waals surface area (Å²) in [5, 5.41) is 26.7. The number of nitrogens with zero attached hydrogens (tertiary/aromatic N) is 4. The van der Waals surface area contributed by atoms with Gasteiger partial charge < -0.3 is 15.7 Å². The Labute approximate surface area is 243 Å². The zero-order valence-electron chi connectivity index (χ0n) is 20.6. The number of aliphatic hydroxyl groups is 1. The van der Waals surface area contributed by atoms with Crippen molar-refractivity contribution in [2.75, 3.05) is 28.3 Å². The molecule has 0 aliphatic carbocycles. The Balaban J connectivity index is 1.91. The van der Waals surface area contributed by atoms with Gasteiger partial charge in [-0.25, -0.2) is 12.6 Å². The molecule has 0 radical (unpaired) electrons. The van der Waals surface area contributed by atoms with Crippen LogP contribution in [-0.4, -0.2) is 66.8 Å². The van der Waals surface area contributed by atoms with Gasteiger partial charge in [0.15, 0.2) is 21.1 Å². The zero-order chi connectivity index (χ0) is 30.9. The van der Waals surface area contributed by atoms with Crippen molar-refractivity contribution in [1.82, 2.24) is 15.0 Å². The molecule has 1 unspecified atom stereocenters. The number of nitriles is 1. The first-order valence-electron chi connectivity index (χ1n) is 11.1. The standard InChI is InChI=1S/C21H18ClN7O10S3/c22-18-27-19(24-11-23)29-20(28-18)25-13-6-7-14-15(10-13)26-17(41(33,34)35)16(12-4-2-1-3-5-12)21(14,30)40(31,32)9-8-39-42(36,37)38/h1-7,10,26,30H,8-9H2,(H,33,34,35)(H,36,37,38)(H2,24,25,27,28,29). The Hall–Kier alpha value is -3.94. The summed E-state index contributed by atoms with van der Waals surface area (Å²) in [6, 6.07) is 10.4. The molecule has 1 atom stereocenters. The molecule has 6 N–H and O–H groups in total. The van der Waals surface area contributed by atoms with E-state index in [4.69, 9.17) is 21.4 Å². The molecule has 1 aromatic heterocycles. The van der Waals surface area contributed by atoms with Crippen molar-refractivity contribution >= 4 is 70.8 Å². The third kappa shape index (κ3) is 6.42. The Kier molecular flexibility index (Phi) is 8.40. The monoisotopic (exact) mass is 659 g/mol. The molecule has 2 heterocycles. The molecule has 2 aromatic carbocycles. The number of hydrogen-bond acceptors (Lipinski definition) is 15. The van der Waals surface area contributed by atoms with Gasteiger partial charge in [-0.3, -0.25) is 14.4 Å². The van der Waals surface area contributed by atoms with Crippen molar-refractivity contribution in [2.45, 2.75) is 4.93 Å². The molecule has 17 nitrogen and oxygen atoms in total. The maximum Gasteiger partial charge on any atom is 0.397 e. The Morgan fingerprint density at radius 1 is 1.00 bits per heavy atom. The number of rotatable bonds is 10. The Morgan fingerprint density at radius 3 is 2.29 bits per heavy atom. The van der Waals surface area contributed by atoms with Crippen LogP contribution in [0.2, 0.25) is 5.28 Å². The highest BCUT2D eigenvalue weighted by atomic mass is 35.5. The lowest BCUT2D eigenvalue weighted by Crippen LogP contribution is -2.44. The lowest BCUT2D eigenvalue weighted by Gasteiger charge is -2.37. The molecular weight excluding hydrogens is 642 g/mol. The number of hydrogen-bond donors (Lipinski definition) is 6. The summed E-state index contributed by atoms with van der Waals surface area (Å²) in [6.07, 6.45) is 1.60. The van der Waals surface area contributed by atoms with Crippen molar-refractivity contribution in [3.8, 4) is 6.19 Å². The van der Waals surface area contributed by atoms with Gasteiger partial charge in [0.05, 0.1) is 12.4 Å². The van der Waals surface area contributed by atoms with E-state index in [1.54, 1.807) is 6.19 Å². The number of anilines is 4. The molecule has 42 heavy (non-hydrogen) atoms. The quantitative estimate of drug-likeness (QED) is 0.101. The SMILES string of the molecule is N#CNc1nc(Cl)nc(Nc2ccc3c(c2)NC(S(=O)(=O)O)=C(c2ccccc2)C3(O)S(=O)(=O)CCOS(=O)(=O)O)n1. The van der Waals surface area contributed by atoms with Gasteiger partial charge in [0, 0.05) is 22.5 Å². The number of benzene rings is 2. The average Bonchev–Trinajstić information content (AvgIpc) is 2.87. The fourth-order valence-corrected chi connectivity index (χ4v) is 7.01. The lowest BCUT2D eigenvalue weighted by atomic mass is 9.91. The smallest absolute Gasteiger partial charge is 0.367 e. The second-order valence-corrected chi connectivity index (χ2v) is 13.3. The maximum absolute atomic E-state index is 13.7. The first-order valence-corrected chi connectivity index (χ1v) is 16.0. The predicted molar refractivity (Wildman–Crippen MR) is 148 cm³/mol. The molecule has 0 fully saturated rings. The molecule has 222 valence electrons. The van der Waals surface area contributed by atoms with Crippen LogP contribution >= 0.6 is 11.6 Å². The summed E-state index contributed by atoms with van der Waals surface area (Å²) < 4.78 is 97.6. The van der Waals surface area contributed by atoms with E-state index in [1.807, 2.05) is 0 Å². The van der Waals surface area contributed by atoms with E-state index in [2.05, 4.69) is 35.1 Å². The van der Waals surface area contributed by atoms with E-state index in [9.17, 15) is 34.9 Å². The fraction of sp³-hybridized carbons (Fsp3) is 0.143. The van der Waals surface area contributed by atoms with Crippen molar-refractivity contribution in [1.29, 1.82) is 5.26 Å². The zero-order valence-corrected chi connectivity index (χ0v) is 23.8. The van der Waals surface area contributed by atoms with Crippen molar-refractivity contribution < 1.29 is 43.6 Å². The molecule has 0 saturated heterocycles. The van der Waals surface area contributed by atoms with Crippen LogP contribution in [-0.2, 0) is 39.5 Å². The van der Waals surface area contributed by atoms with E-state index >= 15 is 0 Å². The van der Waals surface area contributed by atoms with Crippen LogP contribution < -0.4 is 16.0 Å². The molecule has 1 aliphatic rings. The van der Waals surface area contributed by atoms with E-state index < -0.39 is 63.8 Å². The summed E-state index contributed by atoms with van der Waals surface area (Å²) in [5.74, 6) is -1.63. The van der Waals surface area contributed by atoms with Crippen LogP contribution in [0.3, 0.4) is 0 Å². The summed E-state index contributed by atoms with van der Waals surface area (Å²) in [4.78, 5) is 8.22. The minimum absolute atomic E-state index is 0.0822. The highest BCUT2D eigenvalue weighted by Crippen LogP contribution is 2.50. The Bertz CT molecular complexity index is 1950. The molecular formula is C21H18ClN7O10S3. The molecule has 3 aromatic rings. The largest absolute Gasteiger partial charge is 0.397 e. The van der Waals surface area contributed by atoms with E-state index in [0.29, 0.717) is 0 Å². The maximum atomic E-state index is 13.7. The van der Waals surface area contributed by atoms with Crippen LogP contribution in [0.15, 0.2) is 53.6 Å². The van der Waals surface area contributed by atoms with Gasteiger partial charge in [0.25, 0.3) is 0 Å². The van der Waals surface area contributed by atoms with E-state index in [0.717, 1.165) is 12.1 Å². The lowest BCUT2D eigenvalue weighted by molar-refractivity contribution is 0.183. The van der Waals surface area contributed by atoms with Gasteiger partial charge in [-0.2, -0.15) is 37.0 Å². The highest BCUT2D eigenvalue weighted by Gasteiger charge is 2.54. The third-order valence-electron chi connectivity index (χ3n) is 5.59. The summed E-state index contributed by atoms with van der Waals surface area (Å²) in [6.45, 7) is -1.14. The van der Waals surface area contributed by atoms with Gasteiger partial charge in [-0.1, -0.05) is 36.4 Å². The van der Waals surface area contributed by atoms with Crippen LogP contribution in [0, 0.1) is 11.5 Å². The number of aromatic nitrogens is 3. The van der Waals surface area contributed by atoms with E-state index in [1.165, 1.54) is 36.4 Å². The molecule has 0 bridgehead atoms. The van der Waals surface area contributed by atoms with Crippen LogP contribution in [0.5, 0.6) is 0 Å². The van der Waals surface area contributed by atoms with Crippen LogP contribution in [0.1, 0.15) is 11.1 Å². The number of nitrogens with one attached hydrogen (secondary N) is 3. The summed E-state index contributed by atoms with van der Waals surface area (Å²) >= 11 is 5.84. The second kappa shape index (κ2) is 11.4. The summed E-state index contributed by atoms with van der Waals surface area (Å²) in [7, 11) is -15.4. The number of fused-ring (bicyclic) bond motifs is 1. The first-order chi connectivity index (χ1) is 19.5. The third-order valence-corrected chi connectivity index (χ3v) is 9.07. The molecule has 4 rings (SSSR count). The van der Waals surface area contributed by atoms with Crippen molar-refractivity contribution in [3.05, 3.63) is 70.0 Å². The van der Waals surface area contributed by atoms with Crippen molar-refractivity contribution in [2.24, 2.45) is 0 Å². The molecule has 1 aliphatic heterocycles. The van der Waals surface area contributed by atoms with Gasteiger partial charge in [-0.15, -0.1) is 0 Å². The van der Waals surface area contributed by atoms with Gasteiger partial charge in [-0.05, 0) is 29.3 Å². The topological polar surface area (TPSA) is 271 Å². The molecule has 0 saturated carbocycles. The average molecular weight is 660 g/mol. The normalized spacial score (nSPS) is 17.1. The van der Waals surface area contributed by atoms with Crippen LogP contribution in [0.25, 0.3) is 5.57 Å². The number of halogens is 1. The van der Waals surface area contributed by atoms with Gasteiger partial charge >= 0.3 is 20.5 Å². The Morgan fingerprint density at radius 2 is 1.67 bits per heavy atom. The summed E-state index contributed by atoms with van der Waals surface area (Å²) in [5.41, 5.74) is -1.60. The fourth-order valence-electron chi connectivity index (χ4n) is 3.98. The van der Waals surface area contributed by atoms with Crippen molar-refractivity contribution in [3.63, 3.8) is 0 Å². The van der Waals surface area contributed by atoms with Gasteiger partial charge in [0.1, 0.15) is 0 Å². The minimum Gasteiger partial charge on any atom is -0.367 e. The van der Waals surface area contributed by atoms with Gasteiger partial charge in [0.2, 0.25) is 22.1 Å². The second-order valence-electron chi connectivity index (χ2n) is 8.26. The van der Waals surface area contributed by atoms with Crippen LogP contribution in [0.4, 0.5) is 23.3 Å². The first kappa shape index (κ1) is 31.0. The molecule has 0 amide bonds. The molecule has 0 spiro atoms. The predicted octanol–water partition coefficient (Wildman–Crippen LogP) is 1.22. The van der Waals surface area contributed by atoms with E-state index in [-0.39, 0.29) is 34.1 Å². The molecule has 21 heteroatoms. The minimum atomic E-state index is -5.26. The number of sulfone groups is 1. The highest BCUT2D eigenvalue weighted by molar-refractivity contribution is 7.93.